The summed E-state index contributed by atoms with van der Waals surface area (Å²) in [6.07, 6.45) is -1.86. The number of alkyl halides is 1. The van der Waals surface area contributed by atoms with Gasteiger partial charge in [0, 0.05) is 11.1 Å². The minimum Gasteiger partial charge on any atom is -0.391 e. The van der Waals surface area contributed by atoms with Crippen LogP contribution in [0, 0.1) is 5.92 Å². The molecule has 4 unspecified atom stereocenters. The van der Waals surface area contributed by atoms with Gasteiger partial charge >= 0.3 is 0 Å². The average molecular weight is 339 g/mol. The number of ether oxygens (including phenoxy) is 1. The first-order valence-electron chi connectivity index (χ1n) is 6.52. The number of benzene rings is 1. The van der Waals surface area contributed by atoms with Crippen LogP contribution < -0.4 is 0 Å². The first kappa shape index (κ1) is 13.9. The zero-order chi connectivity index (χ0) is 14.7. The lowest BCUT2D eigenvalue weighted by atomic mass is 9.72. The van der Waals surface area contributed by atoms with Crippen LogP contribution in [0.2, 0.25) is 0 Å². The molecule has 1 aromatic carbocycles. The van der Waals surface area contributed by atoms with Crippen molar-refractivity contribution in [1.29, 1.82) is 0 Å². The first-order valence-corrected chi connectivity index (χ1v) is 7.43. The van der Waals surface area contributed by atoms with Crippen LogP contribution in [0.3, 0.4) is 0 Å². The summed E-state index contributed by atoms with van der Waals surface area (Å²) < 4.78 is 5.82. The lowest BCUT2D eigenvalue weighted by Gasteiger charge is -2.47. The highest BCUT2D eigenvalue weighted by molar-refractivity contribution is 9.09. The normalized spacial score (nSPS) is 35.4. The molecule has 3 rings (SSSR count). The molecule has 1 fully saturated rings. The van der Waals surface area contributed by atoms with Crippen molar-refractivity contribution in [2.45, 2.75) is 36.5 Å². The Morgan fingerprint density at radius 2 is 1.70 bits per heavy atom. The maximum Gasteiger partial charge on any atom is 0.193 e. The monoisotopic (exact) mass is 338 g/mol. The summed E-state index contributed by atoms with van der Waals surface area (Å²) >= 11 is 3.39. The van der Waals surface area contributed by atoms with Crippen molar-refractivity contribution < 1.29 is 19.4 Å². The number of ketones is 2. The molecule has 1 aromatic rings. The zero-order valence-electron chi connectivity index (χ0n) is 11.2. The van der Waals surface area contributed by atoms with Gasteiger partial charge in [0.15, 0.2) is 11.6 Å². The van der Waals surface area contributed by atoms with E-state index in [1.165, 1.54) is 0 Å². The molecule has 1 N–H and O–H groups in total. The van der Waals surface area contributed by atoms with Gasteiger partial charge in [-0.2, -0.15) is 0 Å². The smallest absolute Gasteiger partial charge is 0.193 e. The Labute approximate surface area is 125 Å². The van der Waals surface area contributed by atoms with E-state index in [2.05, 4.69) is 15.9 Å². The van der Waals surface area contributed by atoms with Crippen molar-refractivity contribution in [3.63, 3.8) is 0 Å². The molecule has 1 heterocycles. The highest BCUT2D eigenvalue weighted by Gasteiger charge is 2.55. The van der Waals surface area contributed by atoms with E-state index in [-0.39, 0.29) is 11.6 Å². The zero-order valence-corrected chi connectivity index (χ0v) is 12.8. The summed E-state index contributed by atoms with van der Waals surface area (Å²) in [5.74, 6) is -1.29. The number of aliphatic hydroxyl groups is 1. The fourth-order valence-corrected chi connectivity index (χ4v) is 3.43. The summed E-state index contributed by atoms with van der Waals surface area (Å²) in [6, 6.07) is 6.70. The molecule has 1 aliphatic heterocycles. The van der Waals surface area contributed by atoms with Gasteiger partial charge in [0.1, 0.15) is 6.10 Å². The van der Waals surface area contributed by atoms with Gasteiger partial charge in [-0.15, -0.1) is 0 Å². The van der Waals surface area contributed by atoms with Crippen molar-refractivity contribution in [3.05, 3.63) is 35.4 Å². The number of Topliss-reactive ketones (excluding diaryl/α,β-unsaturated/α-hetero) is 2. The van der Waals surface area contributed by atoms with E-state index in [4.69, 9.17) is 4.74 Å². The molecule has 1 aliphatic carbocycles. The molecule has 1 saturated heterocycles. The lowest BCUT2D eigenvalue weighted by molar-refractivity contribution is -0.142. The highest BCUT2D eigenvalue weighted by Crippen LogP contribution is 2.42. The van der Waals surface area contributed by atoms with Crippen molar-refractivity contribution in [1.82, 2.24) is 0 Å². The molecule has 0 aromatic heterocycles. The minimum atomic E-state index is -0.950. The van der Waals surface area contributed by atoms with E-state index in [9.17, 15) is 14.7 Å². The summed E-state index contributed by atoms with van der Waals surface area (Å²) in [7, 11) is 0. The van der Waals surface area contributed by atoms with Crippen LogP contribution in [0.25, 0.3) is 0 Å². The Balaban J connectivity index is 2.13. The lowest BCUT2D eigenvalue weighted by Crippen LogP contribution is -2.62. The molecular weight excluding hydrogens is 324 g/mol. The van der Waals surface area contributed by atoms with Crippen LogP contribution in [0.15, 0.2) is 24.3 Å². The molecule has 4 atom stereocenters. The van der Waals surface area contributed by atoms with Crippen molar-refractivity contribution in [2.75, 3.05) is 0 Å². The van der Waals surface area contributed by atoms with E-state index in [1.807, 2.05) is 0 Å². The Morgan fingerprint density at radius 1 is 1.15 bits per heavy atom. The summed E-state index contributed by atoms with van der Waals surface area (Å²) in [6.45, 7) is 3.59. The predicted octanol–water partition coefficient (Wildman–Crippen LogP) is 1.98. The van der Waals surface area contributed by atoms with Crippen LogP contribution in [0.1, 0.15) is 34.6 Å². The van der Waals surface area contributed by atoms with E-state index < -0.39 is 28.6 Å². The van der Waals surface area contributed by atoms with E-state index in [1.54, 1.807) is 38.1 Å². The van der Waals surface area contributed by atoms with E-state index in [0.29, 0.717) is 11.1 Å². The van der Waals surface area contributed by atoms with E-state index in [0.717, 1.165) is 0 Å². The van der Waals surface area contributed by atoms with Gasteiger partial charge in [-0.25, -0.2) is 0 Å². The number of halogens is 1. The third-order valence-corrected chi connectivity index (χ3v) is 5.75. The number of fused-ring (bicyclic) bond motifs is 2. The second kappa shape index (κ2) is 4.48. The molecule has 0 amide bonds. The second-order valence-corrected chi connectivity index (χ2v) is 6.82. The van der Waals surface area contributed by atoms with Crippen LogP contribution in [-0.4, -0.2) is 39.3 Å². The molecule has 5 heteroatoms. The number of rotatable bonds is 0. The van der Waals surface area contributed by atoms with Gasteiger partial charge in [-0.3, -0.25) is 9.59 Å². The second-order valence-electron chi connectivity index (χ2n) is 5.83. The van der Waals surface area contributed by atoms with Gasteiger partial charge in [-0.05, 0) is 13.8 Å². The standard InChI is InChI=1S/C15H15BrO4/c1-15(2)14(16)12(19)9-10(17)7-5-3-4-6-8(7)11(18)13(9)20-15/h3-6,9,12-14,19H,1-2H3. The molecule has 0 spiro atoms. The third kappa shape index (κ3) is 1.80. The van der Waals surface area contributed by atoms with Gasteiger partial charge in [0.25, 0.3) is 0 Å². The highest BCUT2D eigenvalue weighted by atomic mass is 79.9. The van der Waals surface area contributed by atoms with Crippen LogP contribution >= 0.6 is 15.9 Å². The molecule has 2 aliphatic rings. The number of carbonyl (C=O) groups excluding carboxylic acids is 2. The Bertz CT molecular complexity index is 595. The maximum absolute atomic E-state index is 12.6. The van der Waals surface area contributed by atoms with Crippen LogP contribution in [0.4, 0.5) is 0 Å². The summed E-state index contributed by atoms with van der Waals surface area (Å²) in [4.78, 5) is 24.7. The quantitative estimate of drug-likeness (QED) is 0.734. The third-order valence-electron chi connectivity index (χ3n) is 4.11. The Kier molecular flexibility index (Phi) is 3.12. The molecule has 0 bridgehead atoms. The molecular formula is C15H15BrO4. The van der Waals surface area contributed by atoms with Gasteiger partial charge in [0.2, 0.25) is 0 Å². The molecule has 4 nitrogen and oxygen atoms in total. The summed E-state index contributed by atoms with van der Waals surface area (Å²) in [5, 5.41) is 10.4. The van der Waals surface area contributed by atoms with Gasteiger partial charge in [-0.1, -0.05) is 40.2 Å². The number of aliphatic hydroxyl groups excluding tert-OH is 1. The average Bonchev–Trinajstić information content (AvgIpc) is 2.42. The molecule has 20 heavy (non-hydrogen) atoms. The fraction of sp³-hybridized carbons (Fsp3) is 0.467. The summed E-state index contributed by atoms with van der Waals surface area (Å²) in [5.41, 5.74) is 0.0404. The maximum atomic E-state index is 12.6. The van der Waals surface area contributed by atoms with Crippen LogP contribution in [0.5, 0.6) is 0 Å². The first-order chi connectivity index (χ1) is 9.34. The van der Waals surface area contributed by atoms with E-state index >= 15 is 0 Å². The minimum absolute atomic E-state index is 0.224. The van der Waals surface area contributed by atoms with Gasteiger partial charge in [0.05, 0.1) is 22.5 Å². The SMILES string of the molecule is CC1(C)OC2C(=O)c3ccccc3C(=O)C2C(O)C1Br. The number of carbonyl (C=O) groups is 2. The van der Waals surface area contributed by atoms with Crippen molar-refractivity contribution >= 4 is 27.5 Å². The Hall–Kier alpha value is -1.04. The van der Waals surface area contributed by atoms with Crippen molar-refractivity contribution in [2.24, 2.45) is 5.92 Å². The fourth-order valence-electron chi connectivity index (χ4n) is 2.99. The topological polar surface area (TPSA) is 63.6 Å². The number of hydrogen-bond donors (Lipinski definition) is 1. The number of hydrogen-bond acceptors (Lipinski definition) is 4. The largest absolute Gasteiger partial charge is 0.391 e. The van der Waals surface area contributed by atoms with Crippen LogP contribution in [-0.2, 0) is 4.74 Å². The predicted molar refractivity (Wildman–Crippen MR) is 76.3 cm³/mol. The Morgan fingerprint density at radius 3 is 2.30 bits per heavy atom. The van der Waals surface area contributed by atoms with Gasteiger partial charge < -0.3 is 9.84 Å². The molecule has 106 valence electrons. The molecule has 0 radical (unpaired) electrons. The molecule has 0 saturated carbocycles. The van der Waals surface area contributed by atoms with Crippen molar-refractivity contribution in [3.8, 4) is 0 Å².